The number of aryl methyl sites for hydroxylation is 1. The highest BCUT2D eigenvalue weighted by Gasteiger charge is 2.28. The van der Waals surface area contributed by atoms with E-state index < -0.39 is 0 Å². The zero-order chi connectivity index (χ0) is 15.1. The summed E-state index contributed by atoms with van der Waals surface area (Å²) >= 11 is 3.17. The van der Waals surface area contributed by atoms with Crippen LogP contribution in [0.15, 0.2) is 47.4 Å². The molecule has 1 unspecified atom stereocenters. The summed E-state index contributed by atoms with van der Waals surface area (Å²) < 4.78 is 1.11. The minimum absolute atomic E-state index is 0.0397. The van der Waals surface area contributed by atoms with E-state index in [-0.39, 0.29) is 11.2 Å². The highest BCUT2D eigenvalue weighted by Crippen LogP contribution is 2.37. The summed E-state index contributed by atoms with van der Waals surface area (Å²) in [5.74, 6) is 0.0397. The van der Waals surface area contributed by atoms with E-state index in [9.17, 15) is 4.79 Å². The number of carbonyl (C=O) groups excluding carboxylic acids is 1. The number of fused-ring (bicyclic) bond motifs is 2. The van der Waals surface area contributed by atoms with Gasteiger partial charge in [-0.3, -0.25) is 4.79 Å². The minimum Gasteiger partial charge on any atom is -0.301 e. The zero-order valence-electron chi connectivity index (χ0n) is 12.0. The number of benzene rings is 2. The standard InChI is InChI=1S/C17H14N2OS2/c1-10-5-4-8-13-15(10)18-17(22-13)19-16(20)14-9-11-6-2-3-7-12(11)21-14/h2-8,14H,9H2,1H3,(H,18,19,20). The van der Waals surface area contributed by atoms with Crippen molar-refractivity contribution >= 4 is 44.4 Å². The molecule has 4 rings (SSSR count). The Morgan fingerprint density at radius 1 is 1.23 bits per heavy atom. The van der Waals surface area contributed by atoms with Crippen molar-refractivity contribution in [3.8, 4) is 0 Å². The maximum atomic E-state index is 12.5. The first kappa shape index (κ1) is 13.8. The number of para-hydroxylation sites is 1. The molecule has 0 bridgehead atoms. The van der Waals surface area contributed by atoms with Crippen LogP contribution >= 0.6 is 23.1 Å². The van der Waals surface area contributed by atoms with Crippen molar-refractivity contribution in [2.24, 2.45) is 0 Å². The van der Waals surface area contributed by atoms with E-state index in [2.05, 4.69) is 22.4 Å². The number of nitrogens with zero attached hydrogens (tertiary/aromatic N) is 1. The number of hydrogen-bond donors (Lipinski definition) is 1. The number of thiazole rings is 1. The van der Waals surface area contributed by atoms with E-state index in [1.807, 2.05) is 37.3 Å². The van der Waals surface area contributed by atoms with Crippen molar-refractivity contribution in [3.05, 3.63) is 53.6 Å². The van der Waals surface area contributed by atoms with Gasteiger partial charge in [0.05, 0.1) is 15.5 Å². The number of thioether (sulfide) groups is 1. The van der Waals surface area contributed by atoms with Gasteiger partial charge in [-0.2, -0.15) is 0 Å². The predicted octanol–water partition coefficient (Wildman–Crippen LogP) is 4.26. The number of aromatic nitrogens is 1. The first-order valence-corrected chi connectivity index (χ1v) is 8.82. The fourth-order valence-corrected chi connectivity index (χ4v) is 4.80. The maximum absolute atomic E-state index is 12.5. The van der Waals surface area contributed by atoms with Crippen LogP contribution in [0.5, 0.6) is 0 Å². The van der Waals surface area contributed by atoms with Crippen molar-refractivity contribution in [1.82, 2.24) is 4.98 Å². The van der Waals surface area contributed by atoms with Gasteiger partial charge in [0, 0.05) is 4.90 Å². The molecule has 2 heterocycles. The molecule has 110 valence electrons. The second kappa shape index (κ2) is 5.41. The molecule has 1 amide bonds. The fraction of sp³-hybridized carbons (Fsp3) is 0.176. The third-order valence-corrected chi connectivity index (χ3v) is 6.04. The fourth-order valence-electron chi connectivity index (χ4n) is 2.65. The van der Waals surface area contributed by atoms with Crippen LogP contribution in [-0.4, -0.2) is 16.1 Å². The monoisotopic (exact) mass is 326 g/mol. The maximum Gasteiger partial charge on any atom is 0.239 e. The van der Waals surface area contributed by atoms with Gasteiger partial charge in [-0.05, 0) is 36.6 Å². The predicted molar refractivity (Wildman–Crippen MR) is 92.8 cm³/mol. The lowest BCUT2D eigenvalue weighted by Gasteiger charge is -2.07. The molecule has 1 N–H and O–H groups in total. The van der Waals surface area contributed by atoms with Gasteiger partial charge in [-0.25, -0.2) is 4.98 Å². The van der Waals surface area contributed by atoms with E-state index in [1.54, 1.807) is 11.8 Å². The van der Waals surface area contributed by atoms with Crippen LogP contribution in [0.4, 0.5) is 5.13 Å². The topological polar surface area (TPSA) is 42.0 Å². The highest BCUT2D eigenvalue weighted by atomic mass is 32.2. The lowest BCUT2D eigenvalue weighted by Crippen LogP contribution is -2.24. The second-order valence-electron chi connectivity index (χ2n) is 5.35. The van der Waals surface area contributed by atoms with Crippen LogP contribution in [0, 0.1) is 6.92 Å². The number of hydrogen-bond acceptors (Lipinski definition) is 4. The molecule has 1 aliphatic heterocycles. The molecular weight excluding hydrogens is 312 g/mol. The summed E-state index contributed by atoms with van der Waals surface area (Å²) in [5.41, 5.74) is 3.37. The van der Waals surface area contributed by atoms with Gasteiger partial charge in [-0.15, -0.1) is 11.8 Å². The van der Waals surface area contributed by atoms with Gasteiger partial charge in [-0.1, -0.05) is 41.7 Å². The van der Waals surface area contributed by atoms with Crippen LogP contribution in [0.1, 0.15) is 11.1 Å². The first-order valence-electron chi connectivity index (χ1n) is 7.12. The molecule has 0 saturated carbocycles. The van der Waals surface area contributed by atoms with E-state index in [0.29, 0.717) is 5.13 Å². The van der Waals surface area contributed by atoms with Gasteiger partial charge < -0.3 is 5.32 Å². The number of anilines is 1. The number of rotatable bonds is 2. The second-order valence-corrected chi connectivity index (χ2v) is 7.62. The molecule has 1 aromatic heterocycles. The molecule has 22 heavy (non-hydrogen) atoms. The Hall–Kier alpha value is -1.85. The summed E-state index contributed by atoms with van der Waals surface area (Å²) in [7, 11) is 0. The molecule has 2 aromatic carbocycles. The van der Waals surface area contributed by atoms with Crippen molar-refractivity contribution < 1.29 is 4.79 Å². The average molecular weight is 326 g/mol. The number of amides is 1. The SMILES string of the molecule is Cc1cccc2sc(NC(=O)C3Cc4ccccc4S3)nc12. The molecule has 0 spiro atoms. The van der Waals surface area contributed by atoms with Crippen molar-refractivity contribution in [3.63, 3.8) is 0 Å². The summed E-state index contributed by atoms with van der Waals surface area (Å²) in [4.78, 5) is 18.2. The Labute approximate surface area is 136 Å². The molecule has 3 nitrogen and oxygen atoms in total. The quantitative estimate of drug-likeness (QED) is 0.765. The van der Waals surface area contributed by atoms with Gasteiger partial charge >= 0.3 is 0 Å². The van der Waals surface area contributed by atoms with E-state index >= 15 is 0 Å². The Morgan fingerprint density at radius 2 is 2.09 bits per heavy atom. The Kier molecular flexibility index (Phi) is 3.39. The van der Waals surface area contributed by atoms with Crippen LogP contribution in [0.2, 0.25) is 0 Å². The minimum atomic E-state index is -0.0643. The Bertz CT molecular complexity index is 847. The van der Waals surface area contributed by atoms with Crippen LogP contribution in [0.3, 0.4) is 0 Å². The van der Waals surface area contributed by atoms with E-state index in [1.165, 1.54) is 21.8 Å². The molecule has 1 aliphatic rings. The molecule has 3 aromatic rings. The van der Waals surface area contributed by atoms with Crippen molar-refractivity contribution in [2.45, 2.75) is 23.5 Å². The van der Waals surface area contributed by atoms with Crippen LogP contribution < -0.4 is 5.32 Å². The molecule has 5 heteroatoms. The summed E-state index contributed by atoms with van der Waals surface area (Å²) in [6, 6.07) is 14.3. The lowest BCUT2D eigenvalue weighted by atomic mass is 10.1. The van der Waals surface area contributed by atoms with Gasteiger partial charge in [0.2, 0.25) is 5.91 Å². The third kappa shape index (κ3) is 2.40. The molecule has 1 atom stereocenters. The third-order valence-electron chi connectivity index (χ3n) is 3.79. The van der Waals surface area contributed by atoms with Gasteiger partial charge in [0.1, 0.15) is 0 Å². The van der Waals surface area contributed by atoms with Gasteiger partial charge in [0.25, 0.3) is 0 Å². The lowest BCUT2D eigenvalue weighted by molar-refractivity contribution is -0.115. The Balaban J connectivity index is 1.54. The van der Waals surface area contributed by atoms with Crippen molar-refractivity contribution in [1.29, 1.82) is 0 Å². The molecule has 0 aliphatic carbocycles. The molecule has 0 fully saturated rings. The zero-order valence-corrected chi connectivity index (χ0v) is 13.6. The van der Waals surface area contributed by atoms with Crippen LogP contribution in [0.25, 0.3) is 10.2 Å². The first-order chi connectivity index (χ1) is 10.7. The highest BCUT2D eigenvalue weighted by molar-refractivity contribution is 8.01. The van der Waals surface area contributed by atoms with Gasteiger partial charge in [0.15, 0.2) is 5.13 Å². The number of carbonyl (C=O) groups is 1. The van der Waals surface area contributed by atoms with Crippen LogP contribution in [-0.2, 0) is 11.2 Å². The van der Waals surface area contributed by atoms with E-state index in [0.717, 1.165) is 22.2 Å². The molecule has 0 saturated heterocycles. The normalized spacial score (nSPS) is 16.7. The largest absolute Gasteiger partial charge is 0.301 e. The summed E-state index contributed by atoms with van der Waals surface area (Å²) in [6.45, 7) is 2.04. The van der Waals surface area contributed by atoms with Crippen molar-refractivity contribution in [2.75, 3.05) is 5.32 Å². The summed E-state index contributed by atoms with van der Waals surface area (Å²) in [6.07, 6.45) is 0.788. The van der Waals surface area contributed by atoms with E-state index in [4.69, 9.17) is 0 Å². The molecule has 0 radical (unpaired) electrons. The smallest absolute Gasteiger partial charge is 0.239 e. The average Bonchev–Trinajstić information content (AvgIpc) is 3.11. The molecular formula is C17H14N2OS2. The number of nitrogens with one attached hydrogen (secondary N) is 1. The Morgan fingerprint density at radius 3 is 2.91 bits per heavy atom. The summed E-state index contributed by atoms with van der Waals surface area (Å²) in [5, 5.41) is 3.60.